The predicted octanol–water partition coefficient (Wildman–Crippen LogP) is 0.401. The normalized spacial score (nSPS) is 10.9. The largest absolute Gasteiger partial charge is 0.456 e. The molecule has 4 N–H and O–H groups in total. The Labute approximate surface area is 110 Å². The predicted molar refractivity (Wildman–Crippen MR) is 64.1 cm³/mol. The molecular formula is C10H10BrNO6. The van der Waals surface area contributed by atoms with Crippen LogP contribution in [0.3, 0.4) is 0 Å². The van der Waals surface area contributed by atoms with E-state index in [0.29, 0.717) is 5.56 Å². The van der Waals surface area contributed by atoms with Gasteiger partial charge in [-0.2, -0.15) is 0 Å². The maximum Gasteiger partial charge on any atom is 0.456 e. The number of hydrogen-bond donors (Lipinski definition) is 4. The van der Waals surface area contributed by atoms with Crippen molar-refractivity contribution in [2.75, 3.05) is 10.6 Å². The number of benzene rings is 1. The van der Waals surface area contributed by atoms with Gasteiger partial charge in [0.2, 0.25) is 0 Å². The van der Waals surface area contributed by atoms with Crippen molar-refractivity contribution < 1.29 is 29.6 Å². The molecule has 0 aromatic heterocycles. The molecule has 7 nitrogen and oxygen atoms in total. The minimum Gasteiger partial charge on any atom is -0.367 e. The highest BCUT2D eigenvalue weighted by Gasteiger charge is 2.24. The van der Waals surface area contributed by atoms with Gasteiger partial charge in [0.15, 0.2) is 5.78 Å². The van der Waals surface area contributed by atoms with E-state index in [1.165, 1.54) is 24.3 Å². The molecule has 0 bridgehead atoms. The van der Waals surface area contributed by atoms with Crippen LogP contribution >= 0.6 is 15.9 Å². The van der Waals surface area contributed by atoms with E-state index < -0.39 is 12.3 Å². The van der Waals surface area contributed by atoms with Crippen LogP contribution in [-0.2, 0) is 4.74 Å². The van der Waals surface area contributed by atoms with Gasteiger partial charge < -0.3 is 20.1 Å². The van der Waals surface area contributed by atoms with Gasteiger partial charge in [0.05, 0.1) is 5.33 Å². The molecule has 0 aliphatic rings. The van der Waals surface area contributed by atoms with Crippen molar-refractivity contribution in [1.82, 2.24) is 0 Å². The molecule has 0 aliphatic carbocycles. The van der Waals surface area contributed by atoms with E-state index in [4.69, 9.17) is 15.3 Å². The topological polar surface area (TPSA) is 116 Å². The first kappa shape index (κ1) is 14.6. The van der Waals surface area contributed by atoms with Crippen molar-refractivity contribution in [3.8, 4) is 0 Å². The Balaban J connectivity index is 2.64. The highest BCUT2D eigenvalue weighted by Crippen LogP contribution is 2.12. The summed E-state index contributed by atoms with van der Waals surface area (Å²) in [7, 11) is 0. The molecule has 0 saturated carbocycles. The Morgan fingerprint density at radius 3 is 2.22 bits per heavy atom. The smallest absolute Gasteiger partial charge is 0.367 e. The monoisotopic (exact) mass is 319 g/mol. The van der Waals surface area contributed by atoms with E-state index in [9.17, 15) is 9.59 Å². The van der Waals surface area contributed by atoms with E-state index in [1.54, 1.807) is 0 Å². The fourth-order valence-electron chi connectivity index (χ4n) is 1.08. The van der Waals surface area contributed by atoms with Crippen LogP contribution in [0.2, 0.25) is 0 Å². The molecule has 1 rings (SSSR count). The first-order valence-electron chi connectivity index (χ1n) is 4.68. The second-order valence-electron chi connectivity index (χ2n) is 3.22. The number of amides is 1. The third-order valence-electron chi connectivity index (χ3n) is 1.80. The molecule has 1 aromatic rings. The van der Waals surface area contributed by atoms with Gasteiger partial charge in [-0.3, -0.25) is 10.1 Å². The molecule has 0 fully saturated rings. The number of carbonyl (C=O) groups excluding carboxylic acids is 2. The van der Waals surface area contributed by atoms with Crippen molar-refractivity contribution >= 4 is 33.5 Å². The summed E-state index contributed by atoms with van der Waals surface area (Å²) >= 11 is 3.02. The Kier molecular flexibility index (Phi) is 4.79. The summed E-state index contributed by atoms with van der Waals surface area (Å²) in [6.07, 6.45) is -4.79. The molecule has 1 amide bonds. The summed E-state index contributed by atoms with van der Waals surface area (Å²) in [4.78, 5) is 22.3. The Bertz CT molecular complexity index is 439. The molecule has 0 saturated heterocycles. The number of halogens is 1. The number of rotatable bonds is 4. The van der Waals surface area contributed by atoms with E-state index in [1.807, 2.05) is 0 Å². The Hall–Kier alpha value is -1.48. The van der Waals surface area contributed by atoms with Crippen LogP contribution in [0.5, 0.6) is 0 Å². The molecule has 0 unspecified atom stereocenters. The van der Waals surface area contributed by atoms with Gasteiger partial charge in [-0.1, -0.05) is 15.9 Å². The van der Waals surface area contributed by atoms with Gasteiger partial charge in [0.1, 0.15) is 0 Å². The van der Waals surface area contributed by atoms with E-state index >= 15 is 0 Å². The maximum atomic E-state index is 11.3. The molecule has 8 heteroatoms. The minimum absolute atomic E-state index is 0.121. The van der Waals surface area contributed by atoms with Crippen LogP contribution < -0.4 is 5.32 Å². The van der Waals surface area contributed by atoms with Crippen LogP contribution in [0.15, 0.2) is 24.3 Å². The zero-order valence-electron chi connectivity index (χ0n) is 8.96. The number of alkyl halides is 1. The SMILES string of the molecule is O=C(Nc1ccc(C(=O)CBr)cc1)OC(O)(O)O. The molecule has 0 radical (unpaired) electrons. The summed E-state index contributed by atoms with van der Waals surface area (Å²) in [5.41, 5.74) is 0.710. The summed E-state index contributed by atoms with van der Waals surface area (Å²) in [5, 5.41) is 27.5. The number of Topliss-reactive ketones (excluding diaryl/α,β-unsaturated/α-hetero) is 1. The van der Waals surface area contributed by atoms with Crippen LogP contribution in [0.4, 0.5) is 10.5 Å². The number of aliphatic hydroxyl groups is 3. The molecular weight excluding hydrogens is 310 g/mol. The first-order chi connectivity index (χ1) is 8.31. The standard InChI is InChI=1S/C10H10BrNO6/c11-5-8(13)6-1-3-7(4-2-6)12-9(14)18-10(15,16)17/h1-4,15-17H,5H2,(H,12,14). The van der Waals surface area contributed by atoms with Gasteiger partial charge in [0, 0.05) is 11.3 Å². The number of carbonyl (C=O) groups is 2. The average Bonchev–Trinajstić information content (AvgIpc) is 2.26. The summed E-state index contributed by atoms with van der Waals surface area (Å²) in [6.45, 7) is 0. The lowest BCUT2D eigenvalue weighted by Crippen LogP contribution is -2.35. The van der Waals surface area contributed by atoms with Crippen LogP contribution in [0.1, 0.15) is 10.4 Å². The van der Waals surface area contributed by atoms with Crippen LogP contribution in [0, 0.1) is 0 Å². The highest BCUT2D eigenvalue weighted by molar-refractivity contribution is 9.09. The molecule has 18 heavy (non-hydrogen) atoms. The Morgan fingerprint density at radius 2 is 1.78 bits per heavy atom. The summed E-state index contributed by atoms with van der Waals surface area (Å²) in [5.74, 6) is -0.121. The lowest BCUT2D eigenvalue weighted by atomic mass is 10.1. The molecule has 0 aliphatic heterocycles. The molecule has 0 atom stereocenters. The van der Waals surface area contributed by atoms with Crippen LogP contribution in [-0.4, -0.2) is 38.7 Å². The highest BCUT2D eigenvalue weighted by atomic mass is 79.9. The fraction of sp³-hybridized carbons (Fsp3) is 0.200. The van der Waals surface area contributed by atoms with Crippen molar-refractivity contribution in [3.63, 3.8) is 0 Å². The third kappa shape index (κ3) is 4.80. The van der Waals surface area contributed by atoms with E-state index in [-0.39, 0.29) is 16.8 Å². The number of anilines is 1. The average molecular weight is 320 g/mol. The van der Waals surface area contributed by atoms with E-state index in [0.717, 1.165) is 0 Å². The maximum absolute atomic E-state index is 11.3. The van der Waals surface area contributed by atoms with Crippen LogP contribution in [0.25, 0.3) is 0 Å². The second kappa shape index (κ2) is 5.91. The molecule has 1 aromatic carbocycles. The van der Waals surface area contributed by atoms with Gasteiger partial charge in [0.25, 0.3) is 0 Å². The van der Waals surface area contributed by atoms with Crippen molar-refractivity contribution in [1.29, 1.82) is 0 Å². The quantitative estimate of drug-likeness (QED) is 0.363. The fourth-order valence-corrected chi connectivity index (χ4v) is 1.41. The zero-order valence-corrected chi connectivity index (χ0v) is 10.5. The molecule has 98 valence electrons. The molecule has 0 spiro atoms. The number of ketones is 1. The lowest BCUT2D eigenvalue weighted by Gasteiger charge is -2.14. The van der Waals surface area contributed by atoms with Crippen molar-refractivity contribution in [2.24, 2.45) is 0 Å². The molecule has 0 heterocycles. The number of nitrogens with one attached hydrogen (secondary N) is 1. The van der Waals surface area contributed by atoms with Gasteiger partial charge in [-0.15, -0.1) is 0 Å². The van der Waals surface area contributed by atoms with Crippen molar-refractivity contribution in [3.05, 3.63) is 29.8 Å². The Morgan fingerprint density at radius 1 is 1.22 bits per heavy atom. The second-order valence-corrected chi connectivity index (χ2v) is 3.78. The minimum atomic E-state index is -3.53. The van der Waals surface area contributed by atoms with Gasteiger partial charge in [-0.25, -0.2) is 4.79 Å². The number of hydrogen-bond acceptors (Lipinski definition) is 6. The lowest BCUT2D eigenvalue weighted by molar-refractivity contribution is -0.429. The number of ether oxygens (including phenoxy) is 1. The summed E-state index contributed by atoms with van der Waals surface area (Å²) in [6, 6.07) is 5.79. The first-order valence-corrected chi connectivity index (χ1v) is 5.80. The third-order valence-corrected chi connectivity index (χ3v) is 2.31. The van der Waals surface area contributed by atoms with Crippen molar-refractivity contribution in [2.45, 2.75) is 6.16 Å². The zero-order chi connectivity index (χ0) is 13.8. The van der Waals surface area contributed by atoms with Gasteiger partial charge >= 0.3 is 12.3 Å². The van der Waals surface area contributed by atoms with E-state index in [2.05, 4.69) is 26.0 Å². The van der Waals surface area contributed by atoms with Gasteiger partial charge in [-0.05, 0) is 24.3 Å². The summed E-state index contributed by atoms with van der Waals surface area (Å²) < 4.78 is 3.78.